The molecule has 1 aromatic rings. The highest BCUT2D eigenvalue weighted by Gasteiger charge is 2.38. The van der Waals surface area contributed by atoms with Crippen molar-refractivity contribution in [2.75, 3.05) is 13.1 Å². The molecule has 0 radical (unpaired) electrons. The first kappa shape index (κ1) is 12.5. The summed E-state index contributed by atoms with van der Waals surface area (Å²) in [5.41, 5.74) is 4.09. The third-order valence-corrected chi connectivity index (χ3v) is 3.95. The molecule has 0 bridgehead atoms. The van der Waals surface area contributed by atoms with Crippen LogP contribution in [-0.2, 0) is 7.05 Å². The number of nitrogens with zero attached hydrogens (tertiary/aromatic N) is 3. The number of hydrazine groups is 1. The van der Waals surface area contributed by atoms with Gasteiger partial charge in [-0.05, 0) is 45.8 Å². The van der Waals surface area contributed by atoms with Gasteiger partial charge in [0.1, 0.15) is 0 Å². The Bertz CT molecular complexity index is 365. The Morgan fingerprint density at radius 2 is 2.06 bits per heavy atom. The molecule has 1 aliphatic heterocycles. The van der Waals surface area contributed by atoms with Gasteiger partial charge in [-0.15, -0.1) is 0 Å². The molecular weight excluding hydrogens is 214 g/mol. The molecule has 17 heavy (non-hydrogen) atoms. The number of likely N-dealkylation sites (tertiary alicyclic amines) is 1. The standard InChI is InChI=1S/C12H23N5/c1-12(2,17-8-4-5-9-17)11(15-13)10-6-7-14-16(10)3/h6-7,11,15H,4-5,8-9,13H2,1-3H3. The molecule has 1 unspecified atom stereocenters. The molecule has 1 aliphatic rings. The van der Waals surface area contributed by atoms with Gasteiger partial charge in [0.2, 0.25) is 0 Å². The Labute approximate surface area is 103 Å². The quantitative estimate of drug-likeness (QED) is 0.601. The molecule has 0 aliphatic carbocycles. The van der Waals surface area contributed by atoms with Gasteiger partial charge in [-0.3, -0.25) is 15.4 Å². The fourth-order valence-electron chi connectivity index (χ4n) is 2.79. The van der Waals surface area contributed by atoms with Crippen LogP contribution in [0.25, 0.3) is 0 Å². The summed E-state index contributed by atoms with van der Waals surface area (Å²) in [7, 11) is 1.96. The van der Waals surface area contributed by atoms with E-state index in [0.29, 0.717) is 0 Å². The van der Waals surface area contributed by atoms with Gasteiger partial charge in [-0.1, -0.05) is 0 Å². The van der Waals surface area contributed by atoms with Crippen molar-refractivity contribution >= 4 is 0 Å². The first-order valence-corrected chi connectivity index (χ1v) is 6.26. The lowest BCUT2D eigenvalue weighted by Gasteiger charge is -2.41. The summed E-state index contributed by atoms with van der Waals surface area (Å²) in [6, 6.07) is 2.12. The van der Waals surface area contributed by atoms with E-state index in [1.54, 1.807) is 0 Å². The predicted octanol–water partition coefficient (Wildman–Crippen LogP) is 0.799. The summed E-state index contributed by atoms with van der Waals surface area (Å²) in [4.78, 5) is 2.50. The molecule has 3 N–H and O–H groups in total. The van der Waals surface area contributed by atoms with Gasteiger partial charge < -0.3 is 0 Å². The second kappa shape index (κ2) is 4.76. The Morgan fingerprint density at radius 1 is 1.41 bits per heavy atom. The lowest BCUT2D eigenvalue weighted by molar-refractivity contribution is 0.103. The zero-order valence-electron chi connectivity index (χ0n) is 11.0. The molecule has 0 amide bonds. The topological polar surface area (TPSA) is 59.1 Å². The molecule has 1 saturated heterocycles. The third kappa shape index (κ3) is 2.22. The van der Waals surface area contributed by atoms with Crippen molar-refractivity contribution < 1.29 is 0 Å². The number of nitrogens with one attached hydrogen (secondary N) is 1. The number of aryl methyl sites for hydroxylation is 1. The van der Waals surface area contributed by atoms with E-state index >= 15 is 0 Å². The molecule has 0 aromatic carbocycles. The molecule has 0 saturated carbocycles. The van der Waals surface area contributed by atoms with Crippen molar-refractivity contribution in [2.24, 2.45) is 12.9 Å². The summed E-state index contributed by atoms with van der Waals surface area (Å²) in [6.07, 6.45) is 4.39. The SMILES string of the molecule is Cn1nccc1C(NN)C(C)(C)N1CCCC1. The van der Waals surface area contributed by atoms with Gasteiger partial charge >= 0.3 is 0 Å². The lowest BCUT2D eigenvalue weighted by Crippen LogP contribution is -2.53. The number of hydrogen-bond acceptors (Lipinski definition) is 4. The van der Waals surface area contributed by atoms with Gasteiger partial charge in [0.15, 0.2) is 0 Å². The summed E-state index contributed by atoms with van der Waals surface area (Å²) < 4.78 is 1.89. The molecular formula is C12H23N5. The molecule has 5 nitrogen and oxygen atoms in total. The molecule has 2 rings (SSSR count). The van der Waals surface area contributed by atoms with Crippen molar-refractivity contribution in [1.29, 1.82) is 0 Å². The van der Waals surface area contributed by atoms with Crippen LogP contribution in [0, 0.1) is 0 Å². The van der Waals surface area contributed by atoms with E-state index in [1.165, 1.54) is 12.8 Å². The number of rotatable bonds is 4. The molecule has 96 valence electrons. The normalized spacial score (nSPS) is 19.8. The minimum absolute atomic E-state index is 0.000949. The molecule has 1 aromatic heterocycles. The minimum Gasteiger partial charge on any atom is -0.296 e. The minimum atomic E-state index is -0.000949. The van der Waals surface area contributed by atoms with Crippen LogP contribution in [0.2, 0.25) is 0 Å². The maximum Gasteiger partial charge on any atom is 0.0806 e. The first-order valence-electron chi connectivity index (χ1n) is 6.26. The van der Waals surface area contributed by atoms with E-state index in [9.17, 15) is 0 Å². The van der Waals surface area contributed by atoms with Gasteiger partial charge in [-0.25, -0.2) is 5.43 Å². The van der Waals surface area contributed by atoms with Crippen LogP contribution < -0.4 is 11.3 Å². The van der Waals surface area contributed by atoms with Crippen LogP contribution in [0.5, 0.6) is 0 Å². The zero-order chi connectivity index (χ0) is 12.5. The highest BCUT2D eigenvalue weighted by Crippen LogP contribution is 2.32. The highest BCUT2D eigenvalue weighted by molar-refractivity contribution is 5.13. The van der Waals surface area contributed by atoms with E-state index in [0.717, 1.165) is 18.8 Å². The first-order chi connectivity index (χ1) is 8.07. The van der Waals surface area contributed by atoms with Crippen LogP contribution in [0.3, 0.4) is 0 Å². The van der Waals surface area contributed by atoms with Crippen LogP contribution in [0.15, 0.2) is 12.3 Å². The van der Waals surface area contributed by atoms with Crippen LogP contribution in [0.1, 0.15) is 38.4 Å². The van der Waals surface area contributed by atoms with Crippen molar-refractivity contribution in [1.82, 2.24) is 20.1 Å². The zero-order valence-corrected chi connectivity index (χ0v) is 11.0. The largest absolute Gasteiger partial charge is 0.296 e. The smallest absolute Gasteiger partial charge is 0.0806 e. The van der Waals surface area contributed by atoms with Gasteiger partial charge in [0.25, 0.3) is 0 Å². The van der Waals surface area contributed by atoms with Crippen LogP contribution in [0.4, 0.5) is 0 Å². The molecule has 2 heterocycles. The van der Waals surface area contributed by atoms with E-state index in [4.69, 9.17) is 5.84 Å². The fourth-order valence-corrected chi connectivity index (χ4v) is 2.79. The summed E-state index contributed by atoms with van der Waals surface area (Å²) in [5.74, 6) is 5.77. The van der Waals surface area contributed by atoms with Gasteiger partial charge in [-0.2, -0.15) is 5.10 Å². The predicted molar refractivity (Wildman–Crippen MR) is 68.2 cm³/mol. The van der Waals surface area contributed by atoms with E-state index in [2.05, 4.69) is 29.3 Å². The number of aromatic nitrogens is 2. The van der Waals surface area contributed by atoms with Crippen molar-refractivity contribution in [3.63, 3.8) is 0 Å². The molecule has 1 fully saturated rings. The maximum absolute atomic E-state index is 5.77. The maximum atomic E-state index is 5.77. The van der Waals surface area contributed by atoms with Crippen LogP contribution >= 0.6 is 0 Å². The van der Waals surface area contributed by atoms with Crippen molar-refractivity contribution in [3.05, 3.63) is 18.0 Å². The fraction of sp³-hybridized carbons (Fsp3) is 0.750. The Hall–Kier alpha value is -0.910. The van der Waals surface area contributed by atoms with E-state index in [1.807, 2.05) is 24.0 Å². The highest BCUT2D eigenvalue weighted by atomic mass is 15.3. The molecule has 1 atom stereocenters. The average molecular weight is 237 g/mol. The summed E-state index contributed by atoms with van der Waals surface area (Å²) in [6.45, 7) is 6.80. The number of hydrogen-bond donors (Lipinski definition) is 2. The van der Waals surface area contributed by atoms with Gasteiger partial charge in [0, 0.05) is 18.8 Å². The van der Waals surface area contributed by atoms with Crippen molar-refractivity contribution in [2.45, 2.75) is 38.3 Å². The number of nitrogens with two attached hydrogens (primary N) is 1. The third-order valence-electron chi connectivity index (χ3n) is 3.95. The van der Waals surface area contributed by atoms with E-state index < -0.39 is 0 Å². The van der Waals surface area contributed by atoms with Gasteiger partial charge in [0.05, 0.1) is 11.7 Å². The second-order valence-corrected chi connectivity index (χ2v) is 5.33. The van der Waals surface area contributed by atoms with E-state index in [-0.39, 0.29) is 11.6 Å². The molecule has 0 spiro atoms. The van der Waals surface area contributed by atoms with Crippen LogP contribution in [-0.4, -0.2) is 33.3 Å². The lowest BCUT2D eigenvalue weighted by atomic mass is 9.90. The Kier molecular flexibility index (Phi) is 3.51. The Morgan fingerprint density at radius 3 is 2.53 bits per heavy atom. The monoisotopic (exact) mass is 237 g/mol. The summed E-state index contributed by atoms with van der Waals surface area (Å²) >= 11 is 0. The van der Waals surface area contributed by atoms with Crippen molar-refractivity contribution in [3.8, 4) is 0 Å². The Balaban J connectivity index is 2.25. The molecule has 5 heteroatoms. The average Bonchev–Trinajstić information content (AvgIpc) is 2.91. The summed E-state index contributed by atoms with van der Waals surface area (Å²) in [5, 5.41) is 4.23. The second-order valence-electron chi connectivity index (χ2n) is 5.33.